The van der Waals surface area contributed by atoms with Crippen LogP contribution in [-0.2, 0) is 11.3 Å². The van der Waals surface area contributed by atoms with E-state index in [9.17, 15) is 0 Å². The molecule has 1 aliphatic rings. The van der Waals surface area contributed by atoms with E-state index in [2.05, 4.69) is 5.10 Å². The maximum Gasteiger partial charge on any atom is 0.0820 e. The van der Waals surface area contributed by atoms with Crippen molar-refractivity contribution in [1.82, 2.24) is 9.78 Å². The minimum atomic E-state index is 0.444. The Morgan fingerprint density at radius 3 is 2.95 bits per heavy atom. The van der Waals surface area contributed by atoms with E-state index >= 15 is 0 Å². The molecule has 0 bridgehead atoms. The molecule has 1 aliphatic carbocycles. The van der Waals surface area contributed by atoms with Crippen LogP contribution in [0, 0.1) is 5.92 Å². The van der Waals surface area contributed by atoms with E-state index in [1.807, 2.05) is 4.68 Å². The van der Waals surface area contributed by atoms with Crippen molar-refractivity contribution in [3.63, 3.8) is 0 Å². The highest BCUT2D eigenvalue weighted by molar-refractivity contribution is 6.31. The molecule has 0 spiro atoms. The predicted molar refractivity (Wildman–Crippen MR) is 77.5 cm³/mol. The van der Waals surface area contributed by atoms with Gasteiger partial charge in [0.1, 0.15) is 0 Å². The van der Waals surface area contributed by atoms with E-state index in [4.69, 9.17) is 22.1 Å². The molecule has 2 N–H and O–H groups in total. The zero-order chi connectivity index (χ0) is 13.7. The first-order valence-corrected chi connectivity index (χ1v) is 7.56. The molecule has 108 valence electrons. The summed E-state index contributed by atoms with van der Waals surface area (Å²) in [6, 6.07) is 0. The standard InChI is InChI=1S/C14H24ClN3O/c1-19-8-7-18-14(13(15)10-17-18)12-6-4-2-3-5-11(12)9-16/h10-12H,2-9,16H2,1H3. The van der Waals surface area contributed by atoms with Gasteiger partial charge >= 0.3 is 0 Å². The Hall–Kier alpha value is -0.580. The van der Waals surface area contributed by atoms with Crippen LogP contribution in [0.4, 0.5) is 0 Å². The predicted octanol–water partition coefficient (Wildman–Crippen LogP) is 2.81. The van der Waals surface area contributed by atoms with E-state index in [1.165, 1.54) is 32.1 Å². The van der Waals surface area contributed by atoms with Crippen LogP contribution in [0.1, 0.15) is 43.7 Å². The van der Waals surface area contributed by atoms with E-state index in [0.29, 0.717) is 18.4 Å². The van der Waals surface area contributed by atoms with Crippen LogP contribution in [-0.4, -0.2) is 30.0 Å². The summed E-state index contributed by atoms with van der Waals surface area (Å²) in [5, 5.41) is 5.17. The summed E-state index contributed by atoms with van der Waals surface area (Å²) in [6.45, 7) is 2.15. The van der Waals surface area contributed by atoms with Crippen molar-refractivity contribution in [1.29, 1.82) is 0 Å². The lowest BCUT2D eigenvalue weighted by atomic mass is 9.85. The summed E-state index contributed by atoms with van der Waals surface area (Å²) in [7, 11) is 1.71. The third kappa shape index (κ3) is 3.50. The van der Waals surface area contributed by atoms with E-state index in [1.54, 1.807) is 13.3 Å². The number of nitrogens with zero attached hydrogens (tertiary/aromatic N) is 2. The lowest BCUT2D eigenvalue weighted by Crippen LogP contribution is -2.24. The molecule has 1 heterocycles. The zero-order valence-electron chi connectivity index (χ0n) is 11.6. The molecule has 2 unspecified atom stereocenters. The van der Waals surface area contributed by atoms with E-state index in [-0.39, 0.29) is 0 Å². The van der Waals surface area contributed by atoms with Crippen molar-refractivity contribution in [2.75, 3.05) is 20.3 Å². The molecular weight excluding hydrogens is 262 g/mol. The van der Waals surface area contributed by atoms with Gasteiger partial charge in [0.15, 0.2) is 0 Å². The summed E-state index contributed by atoms with van der Waals surface area (Å²) in [4.78, 5) is 0. The van der Waals surface area contributed by atoms with Crippen LogP contribution in [0.2, 0.25) is 5.02 Å². The first kappa shape index (κ1) is 14.8. The Kier molecular flexibility index (Phi) is 5.67. The van der Waals surface area contributed by atoms with Gasteiger partial charge in [-0.1, -0.05) is 30.9 Å². The lowest BCUT2D eigenvalue weighted by molar-refractivity contribution is 0.181. The fourth-order valence-electron chi connectivity index (χ4n) is 3.12. The number of hydrogen-bond acceptors (Lipinski definition) is 3. The number of hydrogen-bond donors (Lipinski definition) is 1. The lowest BCUT2D eigenvalue weighted by Gasteiger charge is -2.25. The topological polar surface area (TPSA) is 53.1 Å². The summed E-state index contributed by atoms with van der Waals surface area (Å²) < 4.78 is 7.15. The van der Waals surface area contributed by atoms with Gasteiger partial charge in [0.2, 0.25) is 0 Å². The van der Waals surface area contributed by atoms with E-state index < -0.39 is 0 Å². The number of rotatable bonds is 5. The molecule has 1 saturated carbocycles. The van der Waals surface area contributed by atoms with Gasteiger partial charge < -0.3 is 10.5 Å². The average molecular weight is 286 g/mol. The normalized spacial score (nSPS) is 24.4. The molecule has 0 saturated heterocycles. The number of halogens is 1. The zero-order valence-corrected chi connectivity index (χ0v) is 12.4. The molecule has 0 aliphatic heterocycles. The van der Waals surface area contributed by atoms with Crippen LogP contribution < -0.4 is 5.73 Å². The molecular formula is C14H24ClN3O. The third-order valence-electron chi connectivity index (χ3n) is 4.15. The second-order valence-electron chi connectivity index (χ2n) is 5.33. The van der Waals surface area contributed by atoms with Gasteiger partial charge in [-0.2, -0.15) is 5.10 Å². The molecule has 4 nitrogen and oxygen atoms in total. The second-order valence-corrected chi connectivity index (χ2v) is 5.74. The fourth-order valence-corrected chi connectivity index (χ4v) is 3.40. The highest BCUT2D eigenvalue weighted by Gasteiger charge is 2.28. The van der Waals surface area contributed by atoms with Gasteiger partial charge in [0, 0.05) is 13.0 Å². The Morgan fingerprint density at radius 1 is 1.42 bits per heavy atom. The Labute approximate surface area is 120 Å². The van der Waals surface area contributed by atoms with Crippen molar-refractivity contribution < 1.29 is 4.74 Å². The van der Waals surface area contributed by atoms with Crippen molar-refractivity contribution in [3.8, 4) is 0 Å². The summed E-state index contributed by atoms with van der Waals surface area (Å²) in [5.41, 5.74) is 7.14. The molecule has 0 aromatic carbocycles. The largest absolute Gasteiger partial charge is 0.383 e. The molecule has 0 radical (unpaired) electrons. The Morgan fingerprint density at radius 2 is 2.21 bits per heavy atom. The smallest absolute Gasteiger partial charge is 0.0820 e. The van der Waals surface area contributed by atoms with Crippen LogP contribution in [0.25, 0.3) is 0 Å². The monoisotopic (exact) mass is 285 g/mol. The number of ether oxygens (including phenoxy) is 1. The van der Waals surface area contributed by atoms with Gasteiger partial charge in [-0.15, -0.1) is 0 Å². The molecule has 0 amide bonds. The van der Waals surface area contributed by atoms with Gasteiger partial charge in [0.05, 0.1) is 30.1 Å². The number of nitrogens with two attached hydrogens (primary N) is 1. The summed E-state index contributed by atoms with van der Waals surface area (Å²) >= 11 is 6.37. The minimum absolute atomic E-state index is 0.444. The first-order chi connectivity index (χ1) is 9.27. The first-order valence-electron chi connectivity index (χ1n) is 7.18. The van der Waals surface area contributed by atoms with E-state index in [0.717, 1.165) is 23.8 Å². The van der Waals surface area contributed by atoms with Gasteiger partial charge in [-0.3, -0.25) is 4.68 Å². The molecule has 5 heteroatoms. The van der Waals surface area contributed by atoms with Crippen LogP contribution in [0.15, 0.2) is 6.20 Å². The second kappa shape index (κ2) is 7.27. The van der Waals surface area contributed by atoms with Gasteiger partial charge in [0.25, 0.3) is 0 Å². The van der Waals surface area contributed by atoms with Crippen LogP contribution in [0.5, 0.6) is 0 Å². The van der Waals surface area contributed by atoms with Crippen molar-refractivity contribution >= 4 is 11.6 Å². The number of aromatic nitrogens is 2. The molecule has 2 atom stereocenters. The SMILES string of the molecule is COCCn1ncc(Cl)c1C1CCCCCC1CN. The van der Waals surface area contributed by atoms with Crippen LogP contribution >= 0.6 is 11.6 Å². The minimum Gasteiger partial charge on any atom is -0.383 e. The fraction of sp³-hybridized carbons (Fsp3) is 0.786. The van der Waals surface area contributed by atoms with Crippen molar-refractivity contribution in [3.05, 3.63) is 16.9 Å². The summed E-state index contributed by atoms with van der Waals surface area (Å²) in [6.07, 6.45) is 7.96. The average Bonchev–Trinajstić information content (AvgIpc) is 2.64. The van der Waals surface area contributed by atoms with Crippen LogP contribution in [0.3, 0.4) is 0 Å². The Bertz CT molecular complexity index is 394. The van der Waals surface area contributed by atoms with Crippen molar-refractivity contribution in [2.45, 2.75) is 44.6 Å². The highest BCUT2D eigenvalue weighted by atomic mass is 35.5. The maximum absolute atomic E-state index is 6.37. The summed E-state index contributed by atoms with van der Waals surface area (Å²) in [5.74, 6) is 0.970. The molecule has 2 rings (SSSR count). The molecule has 19 heavy (non-hydrogen) atoms. The van der Waals surface area contributed by atoms with Gasteiger partial charge in [-0.25, -0.2) is 0 Å². The number of methoxy groups -OCH3 is 1. The molecule has 1 aromatic heterocycles. The Balaban J connectivity index is 2.24. The maximum atomic E-state index is 6.37. The highest BCUT2D eigenvalue weighted by Crippen LogP contribution is 2.38. The third-order valence-corrected chi connectivity index (χ3v) is 4.44. The van der Waals surface area contributed by atoms with Crippen molar-refractivity contribution in [2.24, 2.45) is 11.7 Å². The van der Waals surface area contributed by atoms with Gasteiger partial charge in [-0.05, 0) is 25.3 Å². The quantitative estimate of drug-likeness (QED) is 0.847. The molecule has 1 fully saturated rings. The molecule has 1 aromatic rings.